The van der Waals surface area contributed by atoms with Gasteiger partial charge >= 0.3 is 0 Å². The number of thioether (sulfide) groups is 1. The molecule has 2 N–H and O–H groups in total. The Kier molecular flexibility index (Phi) is 5.02. The van der Waals surface area contributed by atoms with Gasteiger partial charge in [0.25, 0.3) is 0 Å². The Morgan fingerprint density at radius 3 is 2.24 bits per heavy atom. The molecule has 3 nitrogen and oxygen atoms in total. The molecule has 25 heavy (non-hydrogen) atoms. The van der Waals surface area contributed by atoms with Crippen LogP contribution in [0.5, 0.6) is 5.75 Å². The van der Waals surface area contributed by atoms with Gasteiger partial charge in [0.1, 0.15) is 5.75 Å². The van der Waals surface area contributed by atoms with Crippen LogP contribution in [0.3, 0.4) is 0 Å². The van der Waals surface area contributed by atoms with Crippen molar-refractivity contribution in [1.82, 2.24) is 4.90 Å². The first-order chi connectivity index (χ1) is 12.2. The number of benzene rings is 2. The van der Waals surface area contributed by atoms with Crippen LogP contribution < -0.4 is 0 Å². The van der Waals surface area contributed by atoms with E-state index in [0.29, 0.717) is 6.54 Å². The van der Waals surface area contributed by atoms with Crippen molar-refractivity contribution in [3.05, 3.63) is 60.2 Å². The van der Waals surface area contributed by atoms with Gasteiger partial charge in [-0.15, -0.1) is 11.8 Å². The van der Waals surface area contributed by atoms with Crippen LogP contribution in [0, 0.1) is 11.8 Å². The molecule has 0 aromatic heterocycles. The molecule has 0 bridgehead atoms. The Morgan fingerprint density at radius 2 is 1.60 bits per heavy atom. The van der Waals surface area contributed by atoms with E-state index in [1.807, 2.05) is 23.9 Å². The van der Waals surface area contributed by atoms with Gasteiger partial charge in [-0.25, -0.2) is 0 Å². The number of likely N-dealkylation sites (tertiary alicyclic amines) is 1. The van der Waals surface area contributed by atoms with E-state index in [2.05, 4.69) is 35.2 Å². The molecule has 132 valence electrons. The van der Waals surface area contributed by atoms with Crippen LogP contribution in [-0.4, -0.2) is 40.0 Å². The van der Waals surface area contributed by atoms with E-state index in [1.54, 1.807) is 12.1 Å². The number of aromatic hydroxyl groups is 1. The lowest BCUT2D eigenvalue weighted by atomic mass is 10.0. The maximum atomic E-state index is 10.5. The lowest BCUT2D eigenvalue weighted by Crippen LogP contribution is -2.28. The molecule has 1 heterocycles. The van der Waals surface area contributed by atoms with Gasteiger partial charge in [-0.3, -0.25) is 4.90 Å². The van der Waals surface area contributed by atoms with Crippen molar-refractivity contribution in [1.29, 1.82) is 0 Å². The maximum Gasteiger partial charge on any atom is 0.115 e. The van der Waals surface area contributed by atoms with Gasteiger partial charge < -0.3 is 10.2 Å². The number of aliphatic hydroxyl groups excluding tert-OH is 1. The molecule has 0 amide bonds. The summed E-state index contributed by atoms with van der Waals surface area (Å²) >= 11 is 2.03. The van der Waals surface area contributed by atoms with Crippen LogP contribution in [0.2, 0.25) is 0 Å². The molecular formula is C21H25NO2S. The summed E-state index contributed by atoms with van der Waals surface area (Å²) < 4.78 is 0. The molecule has 2 aromatic rings. The number of phenols is 1. The number of nitrogens with zero attached hydrogens (tertiary/aromatic N) is 1. The van der Waals surface area contributed by atoms with E-state index < -0.39 is 6.10 Å². The van der Waals surface area contributed by atoms with E-state index in [0.717, 1.165) is 35.7 Å². The van der Waals surface area contributed by atoms with Gasteiger partial charge in [-0.2, -0.15) is 0 Å². The van der Waals surface area contributed by atoms with Crippen molar-refractivity contribution in [2.75, 3.05) is 19.6 Å². The van der Waals surface area contributed by atoms with E-state index in [4.69, 9.17) is 0 Å². The zero-order chi connectivity index (χ0) is 17.2. The predicted octanol–water partition coefficient (Wildman–Crippen LogP) is 3.93. The molecule has 1 saturated carbocycles. The molecule has 1 unspecified atom stereocenters. The van der Waals surface area contributed by atoms with Gasteiger partial charge in [0.05, 0.1) is 6.10 Å². The van der Waals surface area contributed by atoms with Gasteiger partial charge in [0.2, 0.25) is 0 Å². The quantitative estimate of drug-likeness (QED) is 0.853. The average molecular weight is 356 g/mol. The zero-order valence-electron chi connectivity index (χ0n) is 14.3. The van der Waals surface area contributed by atoms with E-state index >= 15 is 0 Å². The number of fused-ring (bicyclic) bond motifs is 1. The molecular weight excluding hydrogens is 330 g/mol. The molecule has 0 radical (unpaired) electrons. The van der Waals surface area contributed by atoms with Crippen molar-refractivity contribution >= 4 is 11.8 Å². The van der Waals surface area contributed by atoms with Gasteiger partial charge in [0.15, 0.2) is 0 Å². The third-order valence-electron chi connectivity index (χ3n) is 5.54. The highest BCUT2D eigenvalue weighted by Crippen LogP contribution is 2.45. The zero-order valence-corrected chi connectivity index (χ0v) is 15.1. The lowest BCUT2D eigenvalue weighted by molar-refractivity contribution is 0.122. The molecule has 1 aliphatic carbocycles. The van der Waals surface area contributed by atoms with Crippen LogP contribution in [-0.2, 0) is 0 Å². The molecule has 1 saturated heterocycles. The summed E-state index contributed by atoms with van der Waals surface area (Å²) in [4.78, 5) is 3.79. The molecule has 2 fully saturated rings. The minimum Gasteiger partial charge on any atom is -0.508 e. The summed E-state index contributed by atoms with van der Waals surface area (Å²) in [6, 6.07) is 17.6. The van der Waals surface area contributed by atoms with E-state index in [1.165, 1.54) is 17.7 Å². The van der Waals surface area contributed by atoms with Gasteiger partial charge in [0, 0.05) is 29.8 Å². The molecule has 1 aliphatic heterocycles. The highest BCUT2D eigenvalue weighted by molar-refractivity contribution is 8.00. The number of rotatable bonds is 5. The van der Waals surface area contributed by atoms with Crippen molar-refractivity contribution < 1.29 is 10.2 Å². The topological polar surface area (TPSA) is 43.7 Å². The van der Waals surface area contributed by atoms with Crippen LogP contribution in [0.1, 0.15) is 24.5 Å². The highest BCUT2D eigenvalue weighted by atomic mass is 32.2. The second kappa shape index (κ2) is 7.40. The Labute approximate surface area is 153 Å². The largest absolute Gasteiger partial charge is 0.508 e. The normalized spacial score (nSPS) is 27.3. The maximum absolute atomic E-state index is 10.5. The Bertz CT molecular complexity index is 677. The Morgan fingerprint density at radius 1 is 0.960 bits per heavy atom. The summed E-state index contributed by atoms with van der Waals surface area (Å²) in [7, 11) is 0. The van der Waals surface area contributed by atoms with Crippen LogP contribution in [0.4, 0.5) is 0 Å². The standard InChI is InChI=1S/C21H25NO2S/c23-18-8-6-15(7-9-18)21(24)14-22-12-16-10-20(11-17(16)13-22)25-19-4-2-1-3-5-19/h1-9,16-17,20-21,23-24H,10-14H2/t16-,17+,20+,21?. The molecule has 0 spiro atoms. The minimum absolute atomic E-state index is 0.244. The summed E-state index contributed by atoms with van der Waals surface area (Å²) in [6.07, 6.45) is 2.10. The third-order valence-corrected chi connectivity index (χ3v) is 6.80. The first-order valence-electron chi connectivity index (χ1n) is 9.08. The second-order valence-corrected chi connectivity index (χ2v) is 8.74. The summed E-state index contributed by atoms with van der Waals surface area (Å²) in [5.41, 5.74) is 0.882. The first-order valence-corrected chi connectivity index (χ1v) is 9.96. The Balaban J connectivity index is 1.28. The average Bonchev–Trinajstić information content (AvgIpc) is 3.14. The van der Waals surface area contributed by atoms with Crippen LogP contribution in [0.25, 0.3) is 0 Å². The third kappa shape index (κ3) is 4.02. The molecule has 2 aromatic carbocycles. The Hall–Kier alpha value is -1.49. The number of phenolic OH excluding ortho intramolecular Hbond substituents is 1. The van der Waals surface area contributed by atoms with Crippen molar-refractivity contribution in [2.24, 2.45) is 11.8 Å². The van der Waals surface area contributed by atoms with E-state index in [9.17, 15) is 10.2 Å². The SMILES string of the molecule is Oc1ccc(C(O)CN2C[C@H]3C[C@H](Sc4ccccc4)C[C@H]3C2)cc1. The fourth-order valence-corrected chi connectivity index (χ4v) is 5.71. The number of hydrogen-bond donors (Lipinski definition) is 2. The predicted molar refractivity (Wildman–Crippen MR) is 102 cm³/mol. The fraction of sp³-hybridized carbons (Fsp3) is 0.429. The van der Waals surface area contributed by atoms with Crippen molar-refractivity contribution in [3.63, 3.8) is 0 Å². The molecule has 2 aliphatic rings. The summed E-state index contributed by atoms with van der Waals surface area (Å²) in [6.45, 7) is 2.89. The van der Waals surface area contributed by atoms with Crippen molar-refractivity contribution in [2.45, 2.75) is 29.1 Å². The molecule has 4 atom stereocenters. The first kappa shape index (κ1) is 17.0. The second-order valence-electron chi connectivity index (χ2n) is 7.37. The lowest BCUT2D eigenvalue weighted by Gasteiger charge is -2.22. The smallest absolute Gasteiger partial charge is 0.115 e. The molecule has 4 rings (SSSR count). The monoisotopic (exact) mass is 355 g/mol. The molecule has 4 heteroatoms. The van der Waals surface area contributed by atoms with Gasteiger partial charge in [-0.05, 0) is 54.5 Å². The number of β-amino-alcohol motifs (C(OH)–C–C–N with tert-alkyl or cyclic N) is 1. The van der Waals surface area contributed by atoms with E-state index in [-0.39, 0.29) is 5.75 Å². The van der Waals surface area contributed by atoms with Gasteiger partial charge in [-0.1, -0.05) is 30.3 Å². The summed E-state index contributed by atoms with van der Waals surface area (Å²) in [5, 5.41) is 20.6. The highest BCUT2D eigenvalue weighted by Gasteiger charge is 2.41. The summed E-state index contributed by atoms with van der Waals surface area (Å²) in [5.74, 6) is 1.79. The van der Waals surface area contributed by atoms with Crippen molar-refractivity contribution in [3.8, 4) is 5.75 Å². The van der Waals surface area contributed by atoms with Crippen LogP contribution >= 0.6 is 11.8 Å². The number of aliphatic hydroxyl groups is 1. The fourth-order valence-electron chi connectivity index (χ4n) is 4.32. The minimum atomic E-state index is -0.478. The number of hydrogen-bond acceptors (Lipinski definition) is 4. The van der Waals surface area contributed by atoms with Crippen LogP contribution in [0.15, 0.2) is 59.5 Å².